The van der Waals surface area contributed by atoms with Gasteiger partial charge >= 0.3 is 6.18 Å². The highest BCUT2D eigenvalue weighted by atomic mass is 19.4. The molecule has 0 amide bonds. The highest BCUT2D eigenvalue weighted by Crippen LogP contribution is 2.14. The fourth-order valence-corrected chi connectivity index (χ4v) is 0.856. The molecule has 0 atom stereocenters. The molecule has 1 radical (unpaired) electrons. The van der Waals surface area contributed by atoms with E-state index in [-0.39, 0.29) is 0 Å². The summed E-state index contributed by atoms with van der Waals surface area (Å²) in [7, 11) is 1.51. The Morgan fingerprint density at radius 2 is 1.88 bits per heavy atom. The van der Waals surface area contributed by atoms with E-state index in [0.29, 0.717) is 11.3 Å². The fraction of sp³-hybridized carbons (Fsp3) is 0.300. The zero-order valence-corrected chi connectivity index (χ0v) is 8.41. The molecule has 0 aliphatic rings. The van der Waals surface area contributed by atoms with Gasteiger partial charge in [0.25, 0.3) is 0 Å². The first-order valence-corrected chi connectivity index (χ1v) is 4.30. The fourth-order valence-electron chi connectivity index (χ4n) is 0.856. The Balaban J connectivity index is 2.44. The van der Waals surface area contributed by atoms with Crippen LogP contribution in [0, 0.1) is 0 Å². The number of hydrogen-bond acceptors (Lipinski definition) is 3. The molecule has 1 aromatic carbocycles. The van der Waals surface area contributed by atoms with Crippen molar-refractivity contribution in [3.63, 3.8) is 0 Å². The van der Waals surface area contributed by atoms with Crippen molar-refractivity contribution in [1.82, 2.24) is 0 Å². The standard InChI is InChI=1S/C10H9F3NO2/c1-15-9-4-2-8(3-5-9)6-14-16-7-10(11,12)13/h2-5H,7H2,1H3. The summed E-state index contributed by atoms with van der Waals surface area (Å²) in [5, 5.41) is 3.07. The van der Waals surface area contributed by atoms with Gasteiger partial charge in [0.05, 0.1) is 7.11 Å². The Morgan fingerprint density at radius 3 is 2.38 bits per heavy atom. The van der Waals surface area contributed by atoms with Crippen LogP contribution >= 0.6 is 0 Å². The van der Waals surface area contributed by atoms with E-state index in [1.807, 2.05) is 0 Å². The summed E-state index contributed by atoms with van der Waals surface area (Å²) in [5.41, 5.74) is 0.503. The molecule has 6 heteroatoms. The van der Waals surface area contributed by atoms with Gasteiger partial charge in [-0.3, -0.25) is 0 Å². The highest BCUT2D eigenvalue weighted by Gasteiger charge is 2.28. The number of methoxy groups -OCH3 is 1. The summed E-state index contributed by atoms with van der Waals surface area (Å²) < 4.78 is 39.9. The van der Waals surface area contributed by atoms with Gasteiger partial charge < -0.3 is 9.57 Å². The minimum Gasteiger partial charge on any atom is -0.497 e. The van der Waals surface area contributed by atoms with E-state index in [9.17, 15) is 13.2 Å². The van der Waals surface area contributed by atoms with Gasteiger partial charge in [-0.05, 0) is 24.3 Å². The summed E-state index contributed by atoms with van der Waals surface area (Å²) >= 11 is 0. The first-order chi connectivity index (χ1) is 7.51. The highest BCUT2D eigenvalue weighted by molar-refractivity contribution is 5.79. The lowest BCUT2D eigenvalue weighted by molar-refractivity contribution is -0.173. The molecule has 87 valence electrons. The smallest absolute Gasteiger partial charge is 0.425 e. The van der Waals surface area contributed by atoms with E-state index in [2.05, 4.69) is 16.2 Å². The van der Waals surface area contributed by atoms with Crippen LogP contribution in [0.2, 0.25) is 0 Å². The molecule has 0 fully saturated rings. The third-order valence-electron chi connectivity index (χ3n) is 1.56. The maximum absolute atomic E-state index is 11.7. The SMILES string of the molecule is COc1ccc(/[C]=N\OCC(F)(F)F)cc1. The first-order valence-electron chi connectivity index (χ1n) is 4.30. The predicted octanol–water partition coefficient (Wildman–Crippen LogP) is 2.49. The molecular formula is C10H9F3NO2. The minimum absolute atomic E-state index is 0.503. The molecule has 0 saturated heterocycles. The number of hydrogen-bond donors (Lipinski definition) is 0. The number of ether oxygens (including phenoxy) is 1. The summed E-state index contributed by atoms with van der Waals surface area (Å²) in [6.07, 6.45) is -2.07. The second-order valence-electron chi connectivity index (χ2n) is 2.82. The normalized spacial score (nSPS) is 11.8. The Morgan fingerprint density at radius 1 is 1.25 bits per heavy atom. The van der Waals surface area contributed by atoms with Crippen LogP contribution in [0.4, 0.5) is 13.2 Å². The van der Waals surface area contributed by atoms with E-state index in [0.717, 1.165) is 0 Å². The summed E-state index contributed by atoms with van der Waals surface area (Å²) in [6.45, 7) is -1.42. The lowest BCUT2D eigenvalue weighted by atomic mass is 10.2. The van der Waals surface area contributed by atoms with Crippen LogP contribution in [-0.4, -0.2) is 26.1 Å². The van der Waals surface area contributed by atoms with Crippen molar-refractivity contribution < 1.29 is 22.7 Å². The Bertz CT molecular complexity index is 346. The average molecular weight is 232 g/mol. The lowest BCUT2D eigenvalue weighted by Crippen LogP contribution is -2.14. The second-order valence-corrected chi connectivity index (χ2v) is 2.82. The van der Waals surface area contributed by atoms with Gasteiger partial charge in [0.1, 0.15) is 12.0 Å². The molecule has 0 aliphatic heterocycles. The summed E-state index contributed by atoms with van der Waals surface area (Å²) in [5.74, 6) is 0.641. The number of nitrogens with zero attached hydrogens (tertiary/aromatic N) is 1. The molecule has 0 aromatic heterocycles. The van der Waals surface area contributed by atoms with Crippen LogP contribution in [-0.2, 0) is 4.84 Å². The molecule has 1 aromatic rings. The van der Waals surface area contributed by atoms with Crippen LogP contribution in [0.1, 0.15) is 5.56 Å². The van der Waals surface area contributed by atoms with Crippen LogP contribution in [0.15, 0.2) is 29.4 Å². The topological polar surface area (TPSA) is 30.8 Å². The Kier molecular flexibility index (Phi) is 4.16. The summed E-state index contributed by atoms with van der Waals surface area (Å²) in [4.78, 5) is 4.02. The molecule has 0 bridgehead atoms. The van der Waals surface area contributed by atoms with Crippen molar-refractivity contribution in [2.45, 2.75) is 6.18 Å². The maximum atomic E-state index is 11.7. The average Bonchev–Trinajstić information content (AvgIpc) is 2.24. The maximum Gasteiger partial charge on any atom is 0.425 e. The number of alkyl halides is 3. The van der Waals surface area contributed by atoms with Crippen LogP contribution < -0.4 is 4.74 Å². The monoisotopic (exact) mass is 232 g/mol. The van der Waals surface area contributed by atoms with Crippen LogP contribution in [0.3, 0.4) is 0 Å². The molecule has 0 unspecified atom stereocenters. The van der Waals surface area contributed by atoms with Gasteiger partial charge in [0.2, 0.25) is 6.61 Å². The molecular weight excluding hydrogens is 223 g/mol. The van der Waals surface area contributed by atoms with Crippen molar-refractivity contribution in [3.8, 4) is 5.75 Å². The molecule has 0 heterocycles. The quantitative estimate of drug-likeness (QED) is 0.589. The van der Waals surface area contributed by atoms with Crippen molar-refractivity contribution in [1.29, 1.82) is 0 Å². The van der Waals surface area contributed by atoms with Crippen molar-refractivity contribution >= 4 is 6.21 Å². The van der Waals surface area contributed by atoms with Crippen LogP contribution in [0.5, 0.6) is 5.75 Å². The van der Waals surface area contributed by atoms with Gasteiger partial charge in [-0.25, -0.2) is 0 Å². The molecule has 0 spiro atoms. The molecule has 3 nitrogen and oxygen atoms in total. The van der Waals surface area contributed by atoms with Gasteiger partial charge in [-0.15, -0.1) is 0 Å². The van der Waals surface area contributed by atoms with Gasteiger partial charge in [-0.1, -0.05) is 5.16 Å². The zero-order valence-electron chi connectivity index (χ0n) is 8.41. The number of halogens is 3. The molecule has 0 saturated carbocycles. The van der Waals surface area contributed by atoms with E-state index in [1.165, 1.54) is 7.11 Å². The largest absolute Gasteiger partial charge is 0.497 e. The Labute approximate surface area is 90.5 Å². The van der Waals surface area contributed by atoms with Gasteiger partial charge in [-0.2, -0.15) is 13.2 Å². The predicted molar refractivity (Wildman–Crippen MR) is 51.5 cm³/mol. The summed E-state index contributed by atoms with van der Waals surface area (Å²) in [6, 6.07) is 6.47. The first kappa shape index (κ1) is 12.4. The molecule has 1 rings (SSSR count). The van der Waals surface area contributed by atoms with Gasteiger partial charge in [0, 0.05) is 5.56 Å². The van der Waals surface area contributed by atoms with Gasteiger partial charge in [0.15, 0.2) is 0 Å². The third-order valence-corrected chi connectivity index (χ3v) is 1.56. The molecule has 16 heavy (non-hydrogen) atoms. The van der Waals surface area contributed by atoms with E-state index in [4.69, 9.17) is 4.74 Å². The van der Waals surface area contributed by atoms with Crippen molar-refractivity contribution in [3.05, 3.63) is 29.8 Å². The third kappa shape index (κ3) is 4.68. The number of benzene rings is 1. The van der Waals surface area contributed by atoms with E-state index >= 15 is 0 Å². The lowest BCUT2D eigenvalue weighted by Gasteiger charge is -2.02. The second kappa shape index (κ2) is 5.39. The molecule has 0 N–H and O–H groups in total. The minimum atomic E-state index is -4.38. The molecule has 0 aliphatic carbocycles. The van der Waals surface area contributed by atoms with Crippen molar-refractivity contribution in [2.24, 2.45) is 5.16 Å². The Hall–Kier alpha value is -1.72. The van der Waals surface area contributed by atoms with Crippen molar-refractivity contribution in [2.75, 3.05) is 13.7 Å². The number of rotatable bonds is 4. The van der Waals surface area contributed by atoms with E-state index < -0.39 is 12.8 Å². The van der Waals surface area contributed by atoms with Crippen LogP contribution in [0.25, 0.3) is 0 Å². The zero-order chi connectivity index (χ0) is 12.0. The van der Waals surface area contributed by atoms with E-state index in [1.54, 1.807) is 24.3 Å².